The van der Waals surface area contributed by atoms with Gasteiger partial charge in [0.2, 0.25) is 0 Å². The van der Waals surface area contributed by atoms with Crippen LogP contribution in [0.3, 0.4) is 0 Å². The van der Waals surface area contributed by atoms with Crippen molar-refractivity contribution in [3.63, 3.8) is 0 Å². The molecule has 0 nitrogen and oxygen atoms in total. The molecule has 0 spiro atoms. The first-order valence-corrected chi connectivity index (χ1v) is 8.35. The summed E-state index contributed by atoms with van der Waals surface area (Å²) in [5.41, 5.74) is 1.63. The summed E-state index contributed by atoms with van der Waals surface area (Å²) in [6, 6.07) is 1.53. The molecule has 0 aromatic carbocycles. The average molecular weight is 145 g/mol. The van der Waals surface area contributed by atoms with E-state index in [4.69, 9.17) is 0 Å². The highest BCUT2D eigenvalue weighted by Crippen LogP contribution is 1.93. The largest absolute Gasteiger partial charge is 0.0724 e. The molecule has 8 heavy (non-hydrogen) atoms. The molecule has 0 rings (SSSR count). The number of hydrogen-bond donors (Lipinski definition) is 0. The molecule has 0 aliphatic carbocycles. The minimum atomic E-state index is -0.165. The van der Waals surface area contributed by atoms with Crippen molar-refractivity contribution in [3.05, 3.63) is 0 Å². The molecule has 0 aromatic rings. The molecule has 0 heterocycles. The van der Waals surface area contributed by atoms with Crippen molar-refractivity contribution in [2.45, 2.75) is 38.2 Å². The van der Waals surface area contributed by atoms with E-state index in [0.29, 0.717) is 0 Å². The zero-order valence-corrected chi connectivity index (χ0v) is 8.59. The Bertz CT molecular complexity index is 43.8. The van der Waals surface area contributed by atoms with E-state index >= 15 is 0 Å². The molecule has 49 valence electrons. The van der Waals surface area contributed by atoms with E-state index in [1.54, 1.807) is 5.67 Å². The second-order valence-corrected chi connectivity index (χ2v) is 8.53. The van der Waals surface area contributed by atoms with E-state index < -0.39 is 0 Å². The zero-order valence-electron chi connectivity index (χ0n) is 6.28. The Morgan fingerprint density at radius 2 is 2.00 bits per heavy atom. The summed E-state index contributed by atoms with van der Waals surface area (Å²) in [6.45, 7) is 7.18. The quantitative estimate of drug-likeness (QED) is 0.417. The van der Waals surface area contributed by atoms with Crippen LogP contribution in [0, 0.1) is 0 Å². The van der Waals surface area contributed by atoms with Gasteiger partial charge in [0.1, 0.15) is 0 Å². The molecular formula is C6H17Si2. The van der Waals surface area contributed by atoms with Gasteiger partial charge in [-0.1, -0.05) is 38.2 Å². The molecule has 1 radical (unpaired) electrons. The van der Waals surface area contributed by atoms with Crippen LogP contribution in [0.4, 0.5) is 0 Å². The molecule has 2 heteroatoms. The fraction of sp³-hybridized carbons (Fsp3) is 1.00. The fourth-order valence-corrected chi connectivity index (χ4v) is 4.67. The van der Waals surface area contributed by atoms with Crippen LogP contribution < -0.4 is 0 Å². The number of rotatable bonds is 4. The van der Waals surface area contributed by atoms with Gasteiger partial charge in [-0.3, -0.25) is 0 Å². The fourth-order valence-electron chi connectivity index (χ4n) is 0.655. The Kier molecular flexibility index (Phi) is 5.87. The Balaban J connectivity index is 2.72. The van der Waals surface area contributed by atoms with E-state index in [1.165, 1.54) is 12.5 Å². The van der Waals surface area contributed by atoms with Gasteiger partial charge in [0.15, 0.2) is 0 Å². The van der Waals surface area contributed by atoms with Gasteiger partial charge in [-0.15, -0.1) is 0 Å². The molecule has 0 saturated heterocycles. The summed E-state index contributed by atoms with van der Waals surface area (Å²) in [7, 11) is 0.685. The van der Waals surface area contributed by atoms with Crippen LogP contribution in [0.1, 0.15) is 13.3 Å². The van der Waals surface area contributed by atoms with Crippen molar-refractivity contribution in [2.75, 3.05) is 0 Å². The molecule has 0 aliphatic heterocycles. The normalized spacial score (nSPS) is 10.5. The minimum absolute atomic E-state index is 0.165. The summed E-state index contributed by atoms with van der Waals surface area (Å²) >= 11 is 0. The zero-order chi connectivity index (χ0) is 6.41. The standard InChI is InChI=1S/C6H17Si2/c1-4-5-7-6-8(2)3/h7-8H,4-6H2,1-3H3. The average Bonchev–Trinajstić information content (AvgIpc) is 1.66. The molecule has 0 aromatic heterocycles. The van der Waals surface area contributed by atoms with Gasteiger partial charge >= 0.3 is 0 Å². The van der Waals surface area contributed by atoms with Crippen LogP contribution >= 0.6 is 0 Å². The third-order valence-electron chi connectivity index (χ3n) is 1.13. The van der Waals surface area contributed by atoms with Crippen molar-refractivity contribution in [1.82, 2.24) is 0 Å². The topological polar surface area (TPSA) is 0 Å². The predicted molar refractivity (Wildman–Crippen MR) is 45.9 cm³/mol. The van der Waals surface area contributed by atoms with E-state index in [2.05, 4.69) is 20.0 Å². The highest BCUT2D eigenvalue weighted by Gasteiger charge is 1.93. The van der Waals surface area contributed by atoms with Gasteiger partial charge in [-0.05, 0) is 0 Å². The summed E-state index contributed by atoms with van der Waals surface area (Å²) in [5, 5.41) is 0. The molecule has 0 fully saturated rings. The van der Waals surface area contributed by atoms with Crippen LogP contribution in [0.5, 0.6) is 0 Å². The maximum Gasteiger partial charge on any atom is 0.0274 e. The lowest BCUT2D eigenvalue weighted by Gasteiger charge is -1.98. The first-order valence-electron chi connectivity index (χ1n) is 3.59. The molecule has 0 saturated carbocycles. The Morgan fingerprint density at radius 1 is 1.38 bits per heavy atom. The van der Waals surface area contributed by atoms with E-state index in [0.717, 1.165) is 9.52 Å². The van der Waals surface area contributed by atoms with Gasteiger partial charge in [0.05, 0.1) is 0 Å². The first kappa shape index (κ1) is 8.43. The maximum atomic E-state index is 2.45. The van der Waals surface area contributed by atoms with Gasteiger partial charge in [0, 0.05) is 18.3 Å². The monoisotopic (exact) mass is 145 g/mol. The molecule has 0 N–H and O–H groups in total. The first-order chi connectivity index (χ1) is 3.77. The Hall–Kier alpha value is 0.434. The van der Waals surface area contributed by atoms with Crippen molar-refractivity contribution < 1.29 is 0 Å². The summed E-state index contributed by atoms with van der Waals surface area (Å²) in [5.74, 6) is 0. The second-order valence-electron chi connectivity index (χ2n) is 2.71. The lowest BCUT2D eigenvalue weighted by Crippen LogP contribution is -2.04. The van der Waals surface area contributed by atoms with Gasteiger partial charge in [-0.2, -0.15) is 0 Å². The third kappa shape index (κ3) is 6.43. The van der Waals surface area contributed by atoms with Crippen molar-refractivity contribution in [3.8, 4) is 0 Å². The molecule has 0 bridgehead atoms. The molecule has 0 amide bonds. The van der Waals surface area contributed by atoms with E-state index in [9.17, 15) is 0 Å². The maximum absolute atomic E-state index is 2.45. The molecule has 0 aliphatic rings. The Morgan fingerprint density at radius 3 is 2.38 bits per heavy atom. The van der Waals surface area contributed by atoms with Crippen molar-refractivity contribution >= 4 is 18.3 Å². The lowest BCUT2D eigenvalue weighted by atomic mass is 10.6. The van der Waals surface area contributed by atoms with Crippen LogP contribution in [-0.2, 0) is 0 Å². The highest BCUT2D eigenvalue weighted by molar-refractivity contribution is 6.67. The van der Waals surface area contributed by atoms with Gasteiger partial charge in [0.25, 0.3) is 0 Å². The van der Waals surface area contributed by atoms with Crippen LogP contribution in [0.15, 0.2) is 0 Å². The summed E-state index contributed by atoms with van der Waals surface area (Å²) in [6.07, 6.45) is 1.41. The van der Waals surface area contributed by atoms with Crippen LogP contribution in [-0.4, -0.2) is 18.3 Å². The lowest BCUT2D eigenvalue weighted by molar-refractivity contribution is 1.07. The summed E-state index contributed by atoms with van der Waals surface area (Å²) in [4.78, 5) is 0. The smallest absolute Gasteiger partial charge is 0.0274 e. The van der Waals surface area contributed by atoms with Crippen molar-refractivity contribution in [1.29, 1.82) is 0 Å². The minimum Gasteiger partial charge on any atom is -0.0724 e. The molecule has 0 unspecified atom stereocenters. The number of hydrogen-bond acceptors (Lipinski definition) is 0. The third-order valence-corrected chi connectivity index (χ3v) is 7.22. The highest BCUT2D eigenvalue weighted by atomic mass is 28.3. The molecule has 0 atom stereocenters. The Labute approximate surface area is 57.1 Å². The molecular weight excluding hydrogens is 128 g/mol. The predicted octanol–water partition coefficient (Wildman–Crippen LogP) is 1.70. The van der Waals surface area contributed by atoms with Gasteiger partial charge in [-0.25, -0.2) is 0 Å². The van der Waals surface area contributed by atoms with Crippen molar-refractivity contribution in [2.24, 2.45) is 0 Å². The van der Waals surface area contributed by atoms with Crippen LogP contribution in [0.25, 0.3) is 0 Å². The van der Waals surface area contributed by atoms with E-state index in [1.807, 2.05) is 0 Å². The van der Waals surface area contributed by atoms with E-state index in [-0.39, 0.29) is 8.80 Å². The van der Waals surface area contributed by atoms with Crippen LogP contribution in [0.2, 0.25) is 24.8 Å². The SMILES string of the molecule is CCC[SiH]C[SiH](C)C. The summed E-state index contributed by atoms with van der Waals surface area (Å²) < 4.78 is 0. The second kappa shape index (κ2) is 5.57. The van der Waals surface area contributed by atoms with Gasteiger partial charge < -0.3 is 0 Å².